The van der Waals surface area contributed by atoms with Crippen LogP contribution in [0.4, 0.5) is 4.79 Å². The van der Waals surface area contributed by atoms with Crippen LogP contribution in [-0.4, -0.2) is 20.7 Å². The van der Waals surface area contributed by atoms with Crippen molar-refractivity contribution in [3.63, 3.8) is 0 Å². The molecule has 0 unspecified atom stereocenters. The Hall–Kier alpha value is -2.34. The SMILES string of the molecule is Cc1cc(C=C2SC(=O)NC2=O)c(C)n1-c1ccncc1. The van der Waals surface area contributed by atoms with Crippen molar-refractivity contribution in [2.24, 2.45) is 0 Å². The zero-order chi connectivity index (χ0) is 15.0. The number of imide groups is 1. The largest absolute Gasteiger partial charge is 0.318 e. The van der Waals surface area contributed by atoms with Crippen molar-refractivity contribution in [3.05, 3.63) is 52.4 Å². The highest BCUT2D eigenvalue weighted by atomic mass is 32.2. The molecule has 2 amide bonds. The lowest BCUT2D eigenvalue weighted by molar-refractivity contribution is -0.115. The fourth-order valence-corrected chi connectivity index (χ4v) is 3.06. The molecule has 0 aromatic carbocycles. The molecule has 0 aliphatic carbocycles. The number of nitrogens with zero attached hydrogens (tertiary/aromatic N) is 2. The molecule has 106 valence electrons. The minimum absolute atomic E-state index is 0.325. The van der Waals surface area contributed by atoms with Crippen LogP contribution in [0.3, 0.4) is 0 Å². The van der Waals surface area contributed by atoms with Gasteiger partial charge in [-0.15, -0.1) is 0 Å². The van der Waals surface area contributed by atoms with Gasteiger partial charge in [-0.1, -0.05) is 0 Å². The number of hydrogen-bond donors (Lipinski definition) is 1. The van der Waals surface area contributed by atoms with E-state index in [-0.39, 0.29) is 11.1 Å². The number of rotatable bonds is 2. The van der Waals surface area contributed by atoms with E-state index in [1.165, 1.54) is 0 Å². The first kappa shape index (κ1) is 13.6. The van der Waals surface area contributed by atoms with E-state index < -0.39 is 0 Å². The van der Waals surface area contributed by atoms with Gasteiger partial charge in [0.25, 0.3) is 11.1 Å². The summed E-state index contributed by atoms with van der Waals surface area (Å²) in [5.74, 6) is -0.335. The van der Waals surface area contributed by atoms with Gasteiger partial charge in [0.05, 0.1) is 4.91 Å². The lowest BCUT2D eigenvalue weighted by Crippen LogP contribution is -2.17. The third-order valence-corrected chi connectivity index (χ3v) is 4.13. The van der Waals surface area contributed by atoms with E-state index in [2.05, 4.69) is 14.9 Å². The quantitative estimate of drug-likeness (QED) is 0.866. The number of aromatic nitrogens is 2. The Kier molecular flexibility index (Phi) is 3.39. The number of pyridine rings is 1. The van der Waals surface area contributed by atoms with Crippen LogP contribution in [0, 0.1) is 13.8 Å². The Bertz CT molecular complexity index is 763. The molecule has 1 fully saturated rings. The fraction of sp³-hybridized carbons (Fsp3) is 0.133. The van der Waals surface area contributed by atoms with Crippen LogP contribution in [-0.2, 0) is 4.79 Å². The molecule has 6 heteroatoms. The predicted molar refractivity (Wildman–Crippen MR) is 82.1 cm³/mol. The standard InChI is InChI=1S/C15H13N3O2S/c1-9-7-11(8-13-14(19)17-15(20)21-13)10(2)18(9)12-3-5-16-6-4-12/h3-8H,1-2H3,(H,17,19,20). The molecule has 2 aromatic heterocycles. The Labute approximate surface area is 126 Å². The highest BCUT2D eigenvalue weighted by Crippen LogP contribution is 2.28. The molecule has 3 rings (SSSR count). The first-order valence-electron chi connectivity index (χ1n) is 6.40. The monoisotopic (exact) mass is 299 g/mol. The van der Waals surface area contributed by atoms with Crippen molar-refractivity contribution >= 4 is 29.0 Å². The molecule has 1 aliphatic rings. The molecule has 0 bridgehead atoms. The maximum Gasteiger partial charge on any atom is 0.290 e. The van der Waals surface area contributed by atoms with Gasteiger partial charge in [-0.25, -0.2) is 0 Å². The van der Waals surface area contributed by atoms with E-state index in [0.29, 0.717) is 4.91 Å². The van der Waals surface area contributed by atoms with Crippen molar-refractivity contribution in [1.82, 2.24) is 14.9 Å². The second-order valence-corrected chi connectivity index (χ2v) is 5.73. The van der Waals surface area contributed by atoms with Gasteiger partial charge in [-0.3, -0.25) is 19.9 Å². The van der Waals surface area contributed by atoms with Crippen LogP contribution < -0.4 is 5.32 Å². The zero-order valence-electron chi connectivity index (χ0n) is 11.6. The number of thioether (sulfide) groups is 1. The number of nitrogens with one attached hydrogen (secondary N) is 1. The highest BCUT2D eigenvalue weighted by Gasteiger charge is 2.25. The van der Waals surface area contributed by atoms with E-state index in [1.807, 2.05) is 32.0 Å². The topological polar surface area (TPSA) is 64.0 Å². The molecule has 5 nitrogen and oxygen atoms in total. The van der Waals surface area contributed by atoms with Gasteiger partial charge < -0.3 is 4.57 Å². The minimum atomic E-state index is -0.335. The predicted octanol–water partition coefficient (Wildman–Crippen LogP) is 2.81. The van der Waals surface area contributed by atoms with Gasteiger partial charge in [0.1, 0.15) is 0 Å². The molecule has 21 heavy (non-hydrogen) atoms. The van der Waals surface area contributed by atoms with Gasteiger partial charge in [0, 0.05) is 29.5 Å². The van der Waals surface area contributed by atoms with E-state index in [1.54, 1.807) is 18.5 Å². The van der Waals surface area contributed by atoms with E-state index in [0.717, 1.165) is 34.4 Å². The van der Waals surface area contributed by atoms with E-state index >= 15 is 0 Å². The molecule has 1 aliphatic heterocycles. The number of hydrogen-bond acceptors (Lipinski definition) is 4. The molecule has 3 heterocycles. The Balaban J connectivity index is 2.05. The molecule has 0 spiro atoms. The third kappa shape index (κ3) is 2.50. The van der Waals surface area contributed by atoms with Crippen LogP contribution in [0.2, 0.25) is 0 Å². The van der Waals surface area contributed by atoms with Crippen molar-refractivity contribution in [1.29, 1.82) is 0 Å². The van der Waals surface area contributed by atoms with Crippen molar-refractivity contribution in [2.75, 3.05) is 0 Å². The molecule has 1 N–H and O–H groups in total. The van der Waals surface area contributed by atoms with Crippen molar-refractivity contribution in [2.45, 2.75) is 13.8 Å². The summed E-state index contributed by atoms with van der Waals surface area (Å²) in [6.07, 6.45) is 5.24. The average molecular weight is 299 g/mol. The smallest absolute Gasteiger partial charge is 0.290 e. The normalized spacial score (nSPS) is 16.6. The molecule has 1 saturated heterocycles. The van der Waals surface area contributed by atoms with Gasteiger partial charge in [0.15, 0.2) is 0 Å². The second-order valence-electron chi connectivity index (χ2n) is 4.72. The summed E-state index contributed by atoms with van der Waals surface area (Å²) in [5, 5.41) is 1.94. The van der Waals surface area contributed by atoms with Crippen LogP contribution in [0.5, 0.6) is 0 Å². The maximum atomic E-state index is 11.6. The first-order chi connectivity index (χ1) is 10.1. The summed E-state index contributed by atoms with van der Waals surface area (Å²) < 4.78 is 2.09. The molecule has 0 saturated carbocycles. The summed E-state index contributed by atoms with van der Waals surface area (Å²) in [7, 11) is 0. The van der Waals surface area contributed by atoms with Gasteiger partial charge >= 0.3 is 0 Å². The average Bonchev–Trinajstić information content (AvgIpc) is 2.91. The molecule has 0 radical (unpaired) electrons. The summed E-state index contributed by atoms with van der Waals surface area (Å²) in [5.41, 5.74) is 4.01. The van der Waals surface area contributed by atoms with Crippen molar-refractivity contribution in [3.8, 4) is 5.69 Å². The lowest BCUT2D eigenvalue weighted by atomic mass is 10.2. The van der Waals surface area contributed by atoms with E-state index in [9.17, 15) is 9.59 Å². The summed E-state index contributed by atoms with van der Waals surface area (Å²) >= 11 is 0.930. The number of carbonyl (C=O) groups excluding carboxylic acids is 2. The Morgan fingerprint density at radius 1 is 1.24 bits per heavy atom. The number of carbonyl (C=O) groups is 2. The lowest BCUT2D eigenvalue weighted by Gasteiger charge is -2.08. The van der Waals surface area contributed by atoms with Crippen LogP contribution >= 0.6 is 11.8 Å². The second kappa shape index (κ2) is 5.21. The number of amides is 2. The Morgan fingerprint density at radius 2 is 1.95 bits per heavy atom. The highest BCUT2D eigenvalue weighted by molar-refractivity contribution is 8.18. The molecule has 2 aromatic rings. The number of aryl methyl sites for hydroxylation is 1. The molecular formula is C15H13N3O2S. The minimum Gasteiger partial charge on any atom is -0.318 e. The van der Waals surface area contributed by atoms with Gasteiger partial charge in [-0.05, 0) is 55.4 Å². The molecule has 0 atom stereocenters. The summed E-state index contributed by atoms with van der Waals surface area (Å²) in [6, 6.07) is 5.86. The maximum absolute atomic E-state index is 11.6. The molecular weight excluding hydrogens is 286 g/mol. The summed E-state index contributed by atoms with van der Waals surface area (Å²) in [6.45, 7) is 3.99. The van der Waals surface area contributed by atoms with Crippen LogP contribution in [0.25, 0.3) is 11.8 Å². The Morgan fingerprint density at radius 3 is 2.57 bits per heavy atom. The van der Waals surface area contributed by atoms with Crippen LogP contribution in [0.1, 0.15) is 17.0 Å². The zero-order valence-corrected chi connectivity index (χ0v) is 12.4. The van der Waals surface area contributed by atoms with Crippen molar-refractivity contribution < 1.29 is 9.59 Å². The van der Waals surface area contributed by atoms with Gasteiger partial charge in [0.2, 0.25) is 0 Å². The third-order valence-electron chi connectivity index (χ3n) is 3.32. The van der Waals surface area contributed by atoms with Crippen LogP contribution in [0.15, 0.2) is 35.5 Å². The summed E-state index contributed by atoms with van der Waals surface area (Å²) in [4.78, 5) is 27.3. The fourth-order valence-electron chi connectivity index (χ4n) is 2.39. The first-order valence-corrected chi connectivity index (χ1v) is 7.22. The van der Waals surface area contributed by atoms with Gasteiger partial charge in [-0.2, -0.15) is 0 Å². The van der Waals surface area contributed by atoms with E-state index in [4.69, 9.17) is 0 Å².